The molecule has 0 bridgehead atoms. The summed E-state index contributed by atoms with van der Waals surface area (Å²) in [4.78, 5) is 15.7. The van der Waals surface area contributed by atoms with Crippen LogP contribution in [0.15, 0.2) is 11.5 Å². The second-order valence-corrected chi connectivity index (χ2v) is 3.35. The molecule has 0 heterocycles. The van der Waals surface area contributed by atoms with E-state index >= 15 is 0 Å². The zero-order chi connectivity index (χ0) is 10.7. The maximum absolute atomic E-state index is 10.8. The lowest BCUT2D eigenvalue weighted by Gasteiger charge is -2.27. The molecule has 1 unspecified atom stereocenters. The molecule has 14 heavy (non-hydrogen) atoms. The van der Waals surface area contributed by atoms with Gasteiger partial charge in [0.05, 0.1) is 18.7 Å². The summed E-state index contributed by atoms with van der Waals surface area (Å²) in [5.74, 6) is -1.01. The highest BCUT2D eigenvalue weighted by molar-refractivity contribution is 5.70. The molecule has 0 aromatic rings. The number of carboxylic acid groups (broad SMARTS) is 1. The first-order chi connectivity index (χ1) is 6.56. The van der Waals surface area contributed by atoms with Crippen LogP contribution in [-0.2, 0) is 9.63 Å². The van der Waals surface area contributed by atoms with E-state index in [4.69, 9.17) is 9.94 Å². The van der Waals surface area contributed by atoms with Gasteiger partial charge < -0.3 is 10.2 Å². The van der Waals surface area contributed by atoms with E-state index in [1.54, 1.807) is 7.05 Å². The van der Waals surface area contributed by atoms with Gasteiger partial charge >= 0.3 is 5.97 Å². The molecule has 0 aromatic carbocycles. The van der Waals surface area contributed by atoms with E-state index < -0.39 is 11.9 Å². The van der Waals surface area contributed by atoms with Gasteiger partial charge in [0.2, 0.25) is 0 Å². The van der Waals surface area contributed by atoms with Gasteiger partial charge in [-0.3, -0.25) is 14.7 Å². The minimum Gasteiger partial charge on any atom is -0.510 e. The molecule has 1 rings (SSSR count). The maximum atomic E-state index is 10.8. The highest BCUT2D eigenvalue weighted by atomic mass is 16.7. The Kier molecular flexibility index (Phi) is 3.35. The van der Waals surface area contributed by atoms with Crippen molar-refractivity contribution in [1.82, 2.24) is 5.06 Å². The van der Waals surface area contributed by atoms with Crippen LogP contribution in [-0.4, -0.2) is 35.4 Å². The molecule has 0 radical (unpaired) electrons. The maximum Gasteiger partial charge on any atom is 0.306 e. The Hall–Kier alpha value is -1.23. The lowest BCUT2D eigenvalue weighted by atomic mass is 9.91. The summed E-state index contributed by atoms with van der Waals surface area (Å²) >= 11 is 0. The van der Waals surface area contributed by atoms with Crippen molar-refractivity contribution in [3.63, 3.8) is 0 Å². The summed E-state index contributed by atoms with van der Waals surface area (Å²) < 4.78 is 0. The Morgan fingerprint density at radius 1 is 1.64 bits per heavy atom. The van der Waals surface area contributed by atoms with E-state index in [9.17, 15) is 9.90 Å². The third-order valence-electron chi connectivity index (χ3n) is 2.51. The van der Waals surface area contributed by atoms with Gasteiger partial charge in [-0.25, -0.2) is 0 Å². The number of hydroxylamine groups is 2. The minimum atomic E-state index is -0.820. The van der Waals surface area contributed by atoms with Crippen LogP contribution in [0.25, 0.3) is 0 Å². The molecule has 5 heteroatoms. The lowest BCUT2D eigenvalue weighted by molar-refractivity contribution is -0.143. The fraction of sp³-hybridized carbons (Fsp3) is 0.667. The van der Waals surface area contributed by atoms with E-state index in [1.165, 1.54) is 12.2 Å². The standard InChI is InChI=1S/C9H15NO4/c1-10(14-2)7-5-6(9(12)13)3-4-8(7)11/h6,11H,3-5H2,1-2H3,(H,12,13). The number of carbonyl (C=O) groups is 1. The summed E-state index contributed by atoms with van der Waals surface area (Å²) in [5, 5.41) is 19.8. The van der Waals surface area contributed by atoms with Crippen LogP contribution in [0.4, 0.5) is 0 Å². The van der Waals surface area contributed by atoms with Crippen molar-refractivity contribution in [1.29, 1.82) is 0 Å². The zero-order valence-electron chi connectivity index (χ0n) is 8.36. The summed E-state index contributed by atoms with van der Waals surface area (Å²) in [7, 11) is 3.13. The molecule has 1 atom stereocenters. The number of hydrogen-bond acceptors (Lipinski definition) is 4. The van der Waals surface area contributed by atoms with Crippen LogP contribution >= 0.6 is 0 Å². The average Bonchev–Trinajstić information content (AvgIpc) is 2.17. The highest BCUT2D eigenvalue weighted by Gasteiger charge is 2.27. The van der Waals surface area contributed by atoms with Crippen molar-refractivity contribution in [2.45, 2.75) is 19.3 Å². The lowest BCUT2D eigenvalue weighted by Crippen LogP contribution is -2.27. The van der Waals surface area contributed by atoms with Gasteiger partial charge in [0.15, 0.2) is 0 Å². The smallest absolute Gasteiger partial charge is 0.306 e. The Balaban J connectivity index is 2.76. The predicted molar refractivity (Wildman–Crippen MR) is 49.4 cm³/mol. The third-order valence-corrected chi connectivity index (χ3v) is 2.51. The van der Waals surface area contributed by atoms with E-state index in [2.05, 4.69) is 0 Å². The number of carboxylic acids is 1. The van der Waals surface area contributed by atoms with Crippen molar-refractivity contribution in [3.05, 3.63) is 11.5 Å². The third kappa shape index (κ3) is 2.17. The van der Waals surface area contributed by atoms with Crippen LogP contribution in [0.3, 0.4) is 0 Å². The predicted octanol–water partition coefficient (Wildman–Crippen LogP) is 1.13. The van der Waals surface area contributed by atoms with Gasteiger partial charge in [0, 0.05) is 19.9 Å². The first kappa shape index (κ1) is 10.8. The minimum absolute atomic E-state index is 0.229. The van der Waals surface area contributed by atoms with Gasteiger partial charge in [-0.15, -0.1) is 0 Å². The molecule has 0 aromatic heterocycles. The summed E-state index contributed by atoms with van der Waals surface area (Å²) in [6, 6.07) is 0. The fourth-order valence-corrected chi connectivity index (χ4v) is 1.54. The largest absolute Gasteiger partial charge is 0.510 e. The van der Waals surface area contributed by atoms with Gasteiger partial charge in [0.1, 0.15) is 5.76 Å². The fourth-order valence-electron chi connectivity index (χ4n) is 1.54. The molecule has 0 aliphatic heterocycles. The Morgan fingerprint density at radius 3 is 2.79 bits per heavy atom. The molecule has 0 saturated heterocycles. The SMILES string of the molecule is CON(C)C1=C(O)CCC(C(=O)O)C1. The summed E-state index contributed by atoms with van der Waals surface area (Å²) in [6.45, 7) is 0. The summed E-state index contributed by atoms with van der Waals surface area (Å²) in [6.07, 6.45) is 1.22. The number of aliphatic hydroxyl groups excluding tert-OH is 1. The number of nitrogens with zero attached hydrogens (tertiary/aromatic N) is 1. The van der Waals surface area contributed by atoms with Crippen LogP contribution < -0.4 is 0 Å². The molecule has 0 spiro atoms. The molecule has 5 nitrogen and oxygen atoms in total. The normalized spacial score (nSPS) is 22.3. The molecule has 2 N–H and O–H groups in total. The number of rotatable bonds is 3. The van der Waals surface area contributed by atoms with Crippen LogP contribution in [0.5, 0.6) is 0 Å². The van der Waals surface area contributed by atoms with Crippen molar-refractivity contribution < 1.29 is 19.8 Å². The Bertz CT molecular complexity index is 262. The van der Waals surface area contributed by atoms with Gasteiger partial charge in [-0.05, 0) is 6.42 Å². The molecule has 1 aliphatic carbocycles. The second-order valence-electron chi connectivity index (χ2n) is 3.35. The van der Waals surface area contributed by atoms with E-state index in [0.717, 1.165) is 0 Å². The number of aliphatic carboxylic acids is 1. The van der Waals surface area contributed by atoms with Gasteiger partial charge in [0.25, 0.3) is 0 Å². The molecular formula is C9H15NO4. The molecular weight excluding hydrogens is 186 g/mol. The molecule has 1 aliphatic rings. The van der Waals surface area contributed by atoms with Crippen LogP contribution in [0.2, 0.25) is 0 Å². The second kappa shape index (κ2) is 4.32. The Morgan fingerprint density at radius 2 is 2.29 bits per heavy atom. The van der Waals surface area contributed by atoms with Crippen LogP contribution in [0.1, 0.15) is 19.3 Å². The molecule has 0 fully saturated rings. The monoisotopic (exact) mass is 201 g/mol. The number of hydrogen-bond donors (Lipinski definition) is 2. The first-order valence-corrected chi connectivity index (χ1v) is 4.48. The molecule has 0 saturated carbocycles. The van der Waals surface area contributed by atoms with Gasteiger partial charge in [-0.2, -0.15) is 0 Å². The van der Waals surface area contributed by atoms with Crippen LogP contribution in [0, 0.1) is 5.92 Å². The van der Waals surface area contributed by atoms with Crippen molar-refractivity contribution in [2.24, 2.45) is 5.92 Å². The molecule has 0 amide bonds. The Labute approximate surface area is 82.5 Å². The molecule has 80 valence electrons. The van der Waals surface area contributed by atoms with E-state index in [1.807, 2.05) is 0 Å². The van der Waals surface area contributed by atoms with E-state index in [0.29, 0.717) is 25.0 Å². The first-order valence-electron chi connectivity index (χ1n) is 4.48. The quantitative estimate of drug-likeness (QED) is 0.670. The average molecular weight is 201 g/mol. The number of aliphatic hydroxyl groups is 1. The summed E-state index contributed by atoms with van der Waals surface area (Å²) in [5.41, 5.74) is 0.561. The van der Waals surface area contributed by atoms with Crippen molar-refractivity contribution >= 4 is 5.97 Å². The zero-order valence-corrected chi connectivity index (χ0v) is 8.36. The number of allylic oxidation sites excluding steroid dienone is 2. The van der Waals surface area contributed by atoms with Crippen molar-refractivity contribution in [3.8, 4) is 0 Å². The topological polar surface area (TPSA) is 70.0 Å². The van der Waals surface area contributed by atoms with Gasteiger partial charge in [-0.1, -0.05) is 0 Å². The highest BCUT2D eigenvalue weighted by Crippen LogP contribution is 2.29. The van der Waals surface area contributed by atoms with Crippen molar-refractivity contribution in [2.75, 3.05) is 14.2 Å². The van der Waals surface area contributed by atoms with E-state index in [-0.39, 0.29) is 5.76 Å².